The molecule has 1 aromatic carbocycles. The number of benzene rings is 1. The van der Waals surface area contributed by atoms with Crippen LogP contribution in [0.4, 0.5) is 10.5 Å². The first-order valence-electron chi connectivity index (χ1n) is 11.3. The number of pyridine rings is 1. The number of nitrogens with zero attached hydrogens (tertiary/aromatic N) is 5. The summed E-state index contributed by atoms with van der Waals surface area (Å²) in [5.74, 6) is 0.131. The van der Waals surface area contributed by atoms with E-state index in [1.807, 2.05) is 6.07 Å². The highest BCUT2D eigenvalue weighted by molar-refractivity contribution is 6.05. The first-order chi connectivity index (χ1) is 17.6. The molecule has 186 valence electrons. The number of hydrogen-bond donors (Lipinski definition) is 1. The highest BCUT2D eigenvalue weighted by Crippen LogP contribution is 2.26. The molecule has 2 amide bonds. The number of rotatable bonds is 9. The largest absolute Gasteiger partial charge is 0.489 e. The molecule has 0 aliphatic carbocycles. The van der Waals surface area contributed by atoms with Gasteiger partial charge in [0.15, 0.2) is 5.82 Å². The molecule has 1 fully saturated rings. The van der Waals surface area contributed by atoms with Crippen LogP contribution in [-0.4, -0.2) is 64.7 Å². The fraction of sp³-hybridized carbons (Fsp3) is 0.240. The first-order valence-corrected chi connectivity index (χ1v) is 11.3. The Bertz CT molecular complexity index is 1250. The molecule has 2 aromatic heterocycles. The van der Waals surface area contributed by atoms with Crippen LogP contribution in [-0.2, 0) is 11.3 Å². The van der Waals surface area contributed by atoms with Crippen molar-refractivity contribution in [2.45, 2.75) is 6.54 Å². The number of anilines is 1. The molecule has 1 saturated heterocycles. The SMILES string of the molecule is C=CCOc1ccc(N2CCOCC2)cc1C(=O)NC(=O)Oc1cccc(-c2nncn2CC=C)n1. The van der Waals surface area contributed by atoms with E-state index in [0.29, 0.717) is 50.1 Å². The van der Waals surface area contributed by atoms with E-state index < -0.39 is 12.0 Å². The number of amides is 2. The van der Waals surface area contributed by atoms with Crippen molar-refractivity contribution in [3.05, 3.63) is 73.6 Å². The molecule has 36 heavy (non-hydrogen) atoms. The smallest absolute Gasteiger partial charge is 0.420 e. The third kappa shape index (κ3) is 5.94. The topological polar surface area (TPSA) is 121 Å². The van der Waals surface area contributed by atoms with Gasteiger partial charge in [-0.05, 0) is 24.3 Å². The number of imide groups is 1. The minimum absolute atomic E-state index is 0.00356. The predicted molar refractivity (Wildman–Crippen MR) is 132 cm³/mol. The summed E-state index contributed by atoms with van der Waals surface area (Å²) in [6, 6.07) is 10.1. The Labute approximate surface area is 208 Å². The van der Waals surface area contributed by atoms with Gasteiger partial charge in [-0.15, -0.1) is 16.8 Å². The van der Waals surface area contributed by atoms with Crippen molar-refractivity contribution in [3.63, 3.8) is 0 Å². The fourth-order valence-corrected chi connectivity index (χ4v) is 3.59. The van der Waals surface area contributed by atoms with Gasteiger partial charge in [-0.25, -0.2) is 9.78 Å². The van der Waals surface area contributed by atoms with Gasteiger partial charge in [-0.2, -0.15) is 0 Å². The van der Waals surface area contributed by atoms with Crippen molar-refractivity contribution in [2.24, 2.45) is 0 Å². The Balaban J connectivity index is 1.49. The van der Waals surface area contributed by atoms with Gasteiger partial charge in [0.2, 0.25) is 5.88 Å². The first kappa shape index (κ1) is 24.6. The summed E-state index contributed by atoms with van der Waals surface area (Å²) in [6.45, 7) is 10.6. The molecular weight excluding hydrogens is 464 g/mol. The van der Waals surface area contributed by atoms with Crippen LogP contribution in [0.25, 0.3) is 11.5 Å². The molecule has 1 N–H and O–H groups in total. The zero-order valence-corrected chi connectivity index (χ0v) is 19.6. The van der Waals surface area contributed by atoms with Crippen LogP contribution in [0.2, 0.25) is 0 Å². The van der Waals surface area contributed by atoms with E-state index >= 15 is 0 Å². The average molecular weight is 491 g/mol. The molecule has 11 heteroatoms. The van der Waals surface area contributed by atoms with Crippen molar-refractivity contribution in [1.82, 2.24) is 25.1 Å². The summed E-state index contributed by atoms with van der Waals surface area (Å²) >= 11 is 0. The van der Waals surface area contributed by atoms with Gasteiger partial charge >= 0.3 is 6.09 Å². The summed E-state index contributed by atoms with van der Waals surface area (Å²) in [7, 11) is 0. The molecule has 0 unspecified atom stereocenters. The highest BCUT2D eigenvalue weighted by Gasteiger charge is 2.21. The van der Waals surface area contributed by atoms with Gasteiger partial charge < -0.3 is 23.7 Å². The third-order valence-electron chi connectivity index (χ3n) is 5.25. The van der Waals surface area contributed by atoms with E-state index in [-0.39, 0.29) is 18.1 Å². The summed E-state index contributed by atoms with van der Waals surface area (Å²) in [4.78, 5) is 32.0. The Hall–Kier alpha value is -4.51. The van der Waals surface area contributed by atoms with Crippen LogP contribution in [0, 0.1) is 0 Å². The predicted octanol–water partition coefficient (Wildman–Crippen LogP) is 2.86. The van der Waals surface area contributed by atoms with Crippen LogP contribution < -0.4 is 19.7 Å². The van der Waals surface area contributed by atoms with Crippen molar-refractivity contribution in [3.8, 4) is 23.1 Å². The summed E-state index contributed by atoms with van der Waals surface area (Å²) in [5, 5.41) is 10.2. The van der Waals surface area contributed by atoms with Gasteiger partial charge in [0.25, 0.3) is 5.91 Å². The lowest BCUT2D eigenvalue weighted by Crippen LogP contribution is -2.37. The maximum absolute atomic E-state index is 13.0. The van der Waals surface area contributed by atoms with E-state index in [1.165, 1.54) is 6.07 Å². The molecule has 1 aliphatic heterocycles. The standard InChI is InChI=1S/C25H26N6O5/c1-3-10-31-17-26-29-23(31)20-6-5-7-22(27-20)36-25(33)28-24(32)19-16-18(30-11-14-34-15-12-30)8-9-21(19)35-13-4-2/h3-9,16-17H,1-2,10-15H2,(H,28,32,33). The average Bonchev–Trinajstić information content (AvgIpc) is 3.36. The molecule has 1 aliphatic rings. The van der Waals surface area contributed by atoms with Crippen molar-refractivity contribution < 1.29 is 23.8 Å². The number of carbonyl (C=O) groups is 2. The number of aromatic nitrogens is 4. The second kappa shape index (κ2) is 11.8. The summed E-state index contributed by atoms with van der Waals surface area (Å²) in [5.41, 5.74) is 1.46. The summed E-state index contributed by atoms with van der Waals surface area (Å²) in [6.07, 6.45) is 3.84. The zero-order valence-electron chi connectivity index (χ0n) is 19.6. The maximum Gasteiger partial charge on any atom is 0.420 e. The van der Waals surface area contributed by atoms with Crippen LogP contribution in [0.3, 0.4) is 0 Å². The minimum atomic E-state index is -0.983. The van der Waals surface area contributed by atoms with Gasteiger partial charge in [0.1, 0.15) is 24.4 Å². The van der Waals surface area contributed by atoms with Gasteiger partial charge in [0.05, 0.1) is 18.8 Å². The molecule has 0 bridgehead atoms. The summed E-state index contributed by atoms with van der Waals surface area (Å²) < 4.78 is 18.0. The van der Waals surface area contributed by atoms with Crippen molar-refractivity contribution in [1.29, 1.82) is 0 Å². The third-order valence-corrected chi connectivity index (χ3v) is 5.25. The quantitative estimate of drug-likeness (QED) is 0.451. The number of morpholine rings is 1. The molecular formula is C25H26N6O5. The Kier molecular flexibility index (Phi) is 8.04. The zero-order chi connectivity index (χ0) is 25.3. The lowest BCUT2D eigenvalue weighted by atomic mass is 10.1. The molecule has 4 rings (SSSR count). The maximum atomic E-state index is 13.0. The monoisotopic (exact) mass is 490 g/mol. The van der Waals surface area contributed by atoms with E-state index in [2.05, 4.69) is 38.6 Å². The number of carbonyl (C=O) groups excluding carboxylic acids is 2. The van der Waals surface area contributed by atoms with Crippen molar-refractivity contribution >= 4 is 17.7 Å². The second-order valence-electron chi connectivity index (χ2n) is 7.68. The van der Waals surface area contributed by atoms with E-state index in [1.54, 1.807) is 47.3 Å². The number of hydrogen-bond acceptors (Lipinski definition) is 9. The molecule has 0 atom stereocenters. The number of nitrogens with one attached hydrogen (secondary N) is 1. The Morgan fingerprint density at radius 3 is 2.75 bits per heavy atom. The molecule has 0 spiro atoms. The highest BCUT2D eigenvalue weighted by atomic mass is 16.6. The normalized spacial score (nSPS) is 13.1. The van der Waals surface area contributed by atoms with Crippen LogP contribution >= 0.6 is 0 Å². The van der Waals surface area contributed by atoms with Gasteiger partial charge in [-0.1, -0.05) is 24.8 Å². The van der Waals surface area contributed by atoms with E-state index in [9.17, 15) is 9.59 Å². The Morgan fingerprint density at radius 2 is 1.97 bits per heavy atom. The van der Waals surface area contributed by atoms with E-state index in [4.69, 9.17) is 14.2 Å². The van der Waals surface area contributed by atoms with Crippen LogP contribution in [0.15, 0.2) is 68.0 Å². The molecule has 3 aromatic rings. The van der Waals surface area contributed by atoms with Crippen LogP contribution in [0.5, 0.6) is 11.6 Å². The molecule has 0 radical (unpaired) electrons. The number of ether oxygens (including phenoxy) is 3. The van der Waals surface area contributed by atoms with Gasteiger partial charge in [0, 0.05) is 31.4 Å². The van der Waals surface area contributed by atoms with Crippen LogP contribution in [0.1, 0.15) is 10.4 Å². The molecule has 3 heterocycles. The molecule has 0 saturated carbocycles. The second-order valence-corrected chi connectivity index (χ2v) is 7.68. The fourth-order valence-electron chi connectivity index (χ4n) is 3.59. The molecule has 11 nitrogen and oxygen atoms in total. The lowest BCUT2D eigenvalue weighted by Gasteiger charge is -2.29. The lowest BCUT2D eigenvalue weighted by molar-refractivity contribution is 0.0947. The van der Waals surface area contributed by atoms with E-state index in [0.717, 1.165) is 5.69 Å². The minimum Gasteiger partial charge on any atom is -0.489 e. The Morgan fingerprint density at radius 1 is 1.14 bits per heavy atom. The van der Waals surface area contributed by atoms with Gasteiger partial charge in [-0.3, -0.25) is 10.1 Å². The van der Waals surface area contributed by atoms with Crippen molar-refractivity contribution in [2.75, 3.05) is 37.8 Å². The number of allylic oxidation sites excluding steroid dienone is 1.